The summed E-state index contributed by atoms with van der Waals surface area (Å²) < 4.78 is 12.8. The van der Waals surface area contributed by atoms with Gasteiger partial charge in [-0.1, -0.05) is 15.9 Å². The van der Waals surface area contributed by atoms with E-state index in [9.17, 15) is 4.79 Å². The van der Waals surface area contributed by atoms with E-state index in [0.29, 0.717) is 31.2 Å². The lowest BCUT2D eigenvalue weighted by Gasteiger charge is -2.46. The second kappa shape index (κ2) is 7.12. The highest BCUT2D eigenvalue weighted by Crippen LogP contribution is 2.39. The van der Waals surface area contributed by atoms with E-state index in [2.05, 4.69) is 34.9 Å². The number of ether oxygens (including phenoxy) is 2. The Bertz CT molecular complexity index is 584. The molecule has 2 atom stereocenters. The third-order valence-corrected chi connectivity index (χ3v) is 5.70. The predicted octanol–water partition coefficient (Wildman–Crippen LogP) is 2.75. The topological polar surface area (TPSA) is 42.0 Å². The van der Waals surface area contributed by atoms with Crippen molar-refractivity contribution in [2.45, 2.75) is 37.1 Å². The maximum absolute atomic E-state index is 12.9. The van der Waals surface area contributed by atoms with Gasteiger partial charge in [-0.15, -0.1) is 0 Å². The van der Waals surface area contributed by atoms with Crippen LogP contribution >= 0.6 is 15.9 Å². The molecular weight excluding hydrogens is 372 g/mol. The van der Waals surface area contributed by atoms with Gasteiger partial charge >= 0.3 is 0 Å². The Hall–Kier alpha value is -0.950. The second-order valence-corrected chi connectivity index (χ2v) is 7.79. The van der Waals surface area contributed by atoms with Gasteiger partial charge in [0, 0.05) is 36.0 Å². The first-order valence-corrected chi connectivity index (χ1v) is 9.18. The summed E-state index contributed by atoms with van der Waals surface area (Å²) in [6.45, 7) is 1.29. The van der Waals surface area contributed by atoms with Crippen molar-refractivity contribution in [3.63, 3.8) is 0 Å². The minimum absolute atomic E-state index is 0.0365. The van der Waals surface area contributed by atoms with E-state index in [4.69, 9.17) is 9.47 Å². The van der Waals surface area contributed by atoms with Gasteiger partial charge in [0.25, 0.3) is 5.91 Å². The molecule has 1 aromatic rings. The van der Waals surface area contributed by atoms with Crippen molar-refractivity contribution in [2.75, 3.05) is 34.4 Å². The van der Waals surface area contributed by atoms with Crippen LogP contribution in [-0.2, 0) is 9.47 Å². The molecule has 132 valence electrons. The highest BCUT2D eigenvalue weighted by Gasteiger charge is 2.47. The van der Waals surface area contributed by atoms with Gasteiger partial charge < -0.3 is 19.3 Å². The van der Waals surface area contributed by atoms with Gasteiger partial charge in [0.1, 0.15) is 0 Å². The number of carbonyl (C=O) groups is 1. The van der Waals surface area contributed by atoms with Crippen LogP contribution in [0.5, 0.6) is 0 Å². The third kappa shape index (κ3) is 3.52. The number of rotatable bonds is 3. The Morgan fingerprint density at radius 1 is 1.12 bits per heavy atom. The van der Waals surface area contributed by atoms with E-state index in [1.807, 2.05) is 36.2 Å². The summed E-state index contributed by atoms with van der Waals surface area (Å²) in [7, 11) is 6.04. The first kappa shape index (κ1) is 17.9. The standard InChI is InChI=1S/C18H25BrN2O3/c1-20(2)15-8-9-18(23-10-11-24-18)12-16(15)21(3)17(22)13-4-6-14(19)7-5-13/h4-7,15-16H,8-12H2,1-3H3/t15-,16-/m0/s1. The molecule has 1 amide bonds. The van der Waals surface area contributed by atoms with E-state index in [1.54, 1.807) is 0 Å². The fraction of sp³-hybridized carbons (Fsp3) is 0.611. The summed E-state index contributed by atoms with van der Waals surface area (Å²) in [4.78, 5) is 17.0. The fourth-order valence-electron chi connectivity index (χ4n) is 3.82. The van der Waals surface area contributed by atoms with Crippen molar-refractivity contribution < 1.29 is 14.3 Å². The number of halogens is 1. The maximum atomic E-state index is 12.9. The Balaban J connectivity index is 1.81. The second-order valence-electron chi connectivity index (χ2n) is 6.87. The van der Waals surface area contributed by atoms with Crippen molar-refractivity contribution >= 4 is 21.8 Å². The Kier molecular flexibility index (Phi) is 5.30. The molecule has 0 aromatic heterocycles. The smallest absolute Gasteiger partial charge is 0.253 e. The molecule has 1 heterocycles. The fourth-order valence-corrected chi connectivity index (χ4v) is 4.08. The van der Waals surface area contributed by atoms with Gasteiger partial charge in [-0.05, 0) is 44.8 Å². The van der Waals surface area contributed by atoms with Crippen molar-refractivity contribution in [1.29, 1.82) is 0 Å². The zero-order chi connectivity index (χ0) is 17.3. The Morgan fingerprint density at radius 3 is 2.33 bits per heavy atom. The molecule has 0 radical (unpaired) electrons. The molecule has 1 saturated carbocycles. The van der Waals surface area contributed by atoms with E-state index in [1.165, 1.54) is 0 Å². The van der Waals surface area contributed by atoms with Crippen molar-refractivity contribution in [2.24, 2.45) is 0 Å². The zero-order valence-electron chi connectivity index (χ0n) is 14.5. The summed E-state index contributed by atoms with van der Waals surface area (Å²) in [6, 6.07) is 7.87. The molecule has 24 heavy (non-hydrogen) atoms. The van der Waals surface area contributed by atoms with Crippen LogP contribution in [0.1, 0.15) is 29.6 Å². The maximum Gasteiger partial charge on any atom is 0.253 e. The summed E-state index contributed by atoms with van der Waals surface area (Å²) in [5.41, 5.74) is 0.700. The molecule has 1 aliphatic heterocycles. The quantitative estimate of drug-likeness (QED) is 0.787. The van der Waals surface area contributed by atoms with Crippen LogP contribution in [-0.4, -0.2) is 67.9 Å². The van der Waals surface area contributed by atoms with Gasteiger partial charge in [0.2, 0.25) is 0 Å². The molecular formula is C18H25BrN2O3. The minimum atomic E-state index is -0.508. The normalized spacial score (nSPS) is 26.0. The van der Waals surface area contributed by atoms with E-state index in [0.717, 1.165) is 17.3 Å². The highest BCUT2D eigenvalue weighted by atomic mass is 79.9. The monoisotopic (exact) mass is 396 g/mol. The molecule has 1 aliphatic carbocycles. The minimum Gasteiger partial charge on any atom is -0.347 e. The molecule has 2 fully saturated rings. The first-order valence-electron chi connectivity index (χ1n) is 8.39. The average Bonchev–Trinajstić information content (AvgIpc) is 3.01. The number of nitrogens with zero attached hydrogens (tertiary/aromatic N) is 2. The van der Waals surface area contributed by atoms with Crippen molar-refractivity contribution in [1.82, 2.24) is 9.80 Å². The third-order valence-electron chi connectivity index (χ3n) is 5.17. The van der Waals surface area contributed by atoms with E-state index < -0.39 is 5.79 Å². The summed E-state index contributed by atoms with van der Waals surface area (Å²) >= 11 is 3.41. The molecule has 0 unspecified atom stereocenters. The van der Waals surface area contributed by atoms with Gasteiger partial charge in [-0.2, -0.15) is 0 Å². The molecule has 1 aromatic carbocycles. The number of hydrogen-bond acceptors (Lipinski definition) is 4. The van der Waals surface area contributed by atoms with Crippen molar-refractivity contribution in [3.8, 4) is 0 Å². The number of benzene rings is 1. The van der Waals surface area contributed by atoms with E-state index >= 15 is 0 Å². The van der Waals surface area contributed by atoms with Crippen LogP contribution in [0.25, 0.3) is 0 Å². The molecule has 1 spiro atoms. The Labute approximate surface area is 152 Å². The molecule has 6 heteroatoms. The zero-order valence-corrected chi connectivity index (χ0v) is 16.1. The van der Waals surface area contributed by atoms with Crippen LogP contribution in [0.3, 0.4) is 0 Å². The molecule has 0 bridgehead atoms. The highest BCUT2D eigenvalue weighted by molar-refractivity contribution is 9.10. The Morgan fingerprint density at radius 2 is 1.75 bits per heavy atom. The number of hydrogen-bond donors (Lipinski definition) is 0. The number of carbonyl (C=O) groups excluding carboxylic acids is 1. The lowest BCUT2D eigenvalue weighted by atomic mass is 9.84. The summed E-state index contributed by atoms with van der Waals surface area (Å²) in [5.74, 6) is -0.472. The van der Waals surface area contributed by atoms with E-state index in [-0.39, 0.29) is 11.9 Å². The SMILES string of the molecule is CN(C)[C@H]1CCC2(C[C@@H]1N(C)C(=O)c1ccc(Br)cc1)OCCO2. The molecule has 1 saturated heterocycles. The lowest BCUT2D eigenvalue weighted by Crippen LogP contribution is -2.57. The van der Waals surface area contributed by atoms with Crippen LogP contribution < -0.4 is 0 Å². The first-order chi connectivity index (χ1) is 11.4. The van der Waals surface area contributed by atoms with Gasteiger partial charge in [0.15, 0.2) is 5.79 Å². The molecule has 2 aliphatic rings. The lowest BCUT2D eigenvalue weighted by molar-refractivity contribution is -0.194. The molecule has 3 rings (SSSR count). The van der Waals surface area contributed by atoms with Crippen LogP contribution in [0.4, 0.5) is 0 Å². The van der Waals surface area contributed by atoms with Crippen LogP contribution in [0.2, 0.25) is 0 Å². The predicted molar refractivity (Wildman–Crippen MR) is 96.0 cm³/mol. The number of likely N-dealkylation sites (N-methyl/N-ethyl adjacent to an activating group) is 2. The van der Waals surface area contributed by atoms with Crippen molar-refractivity contribution in [3.05, 3.63) is 34.3 Å². The number of amides is 1. The molecule has 5 nitrogen and oxygen atoms in total. The van der Waals surface area contributed by atoms with Gasteiger partial charge in [-0.25, -0.2) is 0 Å². The van der Waals surface area contributed by atoms with Crippen LogP contribution in [0.15, 0.2) is 28.7 Å². The van der Waals surface area contributed by atoms with Crippen LogP contribution in [0, 0.1) is 0 Å². The molecule has 0 N–H and O–H groups in total. The largest absolute Gasteiger partial charge is 0.347 e. The summed E-state index contributed by atoms with van der Waals surface area (Å²) in [6.07, 6.45) is 2.55. The summed E-state index contributed by atoms with van der Waals surface area (Å²) in [5, 5.41) is 0. The van der Waals surface area contributed by atoms with Gasteiger partial charge in [-0.3, -0.25) is 4.79 Å². The van der Waals surface area contributed by atoms with Gasteiger partial charge in [0.05, 0.1) is 19.3 Å². The average molecular weight is 397 g/mol.